The van der Waals surface area contributed by atoms with Crippen molar-refractivity contribution in [3.63, 3.8) is 0 Å². The molecular formula is C12H26Al+. The summed E-state index contributed by atoms with van der Waals surface area (Å²) in [5.74, 6) is 1.99. The van der Waals surface area contributed by atoms with E-state index < -0.39 is 0 Å². The van der Waals surface area contributed by atoms with Crippen molar-refractivity contribution < 1.29 is 0 Å². The van der Waals surface area contributed by atoms with Gasteiger partial charge in [0.15, 0.2) is 0 Å². The van der Waals surface area contributed by atoms with Crippen LogP contribution in [0.4, 0.5) is 0 Å². The number of rotatable bonds is 8. The molecule has 0 radical (unpaired) electrons. The minimum atomic E-state index is 0.744. The Bertz CT molecular complexity index is 89.3. The van der Waals surface area contributed by atoms with Crippen molar-refractivity contribution in [3.05, 3.63) is 0 Å². The molecule has 0 aromatic carbocycles. The van der Waals surface area contributed by atoms with Gasteiger partial charge in [-0.2, -0.15) is 0 Å². The molecule has 0 fully saturated rings. The van der Waals surface area contributed by atoms with Crippen LogP contribution in [-0.2, 0) is 0 Å². The first-order valence-electron chi connectivity index (χ1n) is 6.02. The van der Waals surface area contributed by atoms with E-state index in [1.54, 1.807) is 0 Å². The second kappa shape index (κ2) is 9.10. The van der Waals surface area contributed by atoms with E-state index in [-0.39, 0.29) is 0 Å². The Morgan fingerprint density at radius 2 is 1.23 bits per heavy atom. The van der Waals surface area contributed by atoms with Crippen LogP contribution >= 0.6 is 0 Å². The van der Waals surface area contributed by atoms with Gasteiger partial charge in [-0.15, -0.1) is 0 Å². The fourth-order valence-electron chi connectivity index (χ4n) is 1.89. The normalized spacial score (nSPS) is 15.1. The van der Waals surface area contributed by atoms with E-state index in [0.717, 1.165) is 27.1 Å². The average molecular weight is 197 g/mol. The summed E-state index contributed by atoms with van der Waals surface area (Å²) >= 11 is 0.744. The molecule has 0 saturated carbocycles. The first-order valence-corrected chi connectivity index (χ1v) is 7.65. The molecule has 0 aromatic rings. The molecule has 2 unspecified atom stereocenters. The van der Waals surface area contributed by atoms with Gasteiger partial charge in [0.25, 0.3) is 0 Å². The number of hydrogen-bond acceptors (Lipinski definition) is 0. The Morgan fingerprint density at radius 1 is 0.846 bits per heavy atom. The van der Waals surface area contributed by atoms with Crippen molar-refractivity contribution in [2.45, 2.75) is 63.9 Å². The topological polar surface area (TPSA) is 0 Å². The Hall–Kier alpha value is 0.532. The van der Waals surface area contributed by atoms with Gasteiger partial charge in [0.1, 0.15) is 0 Å². The van der Waals surface area contributed by atoms with E-state index in [2.05, 4.69) is 27.7 Å². The van der Waals surface area contributed by atoms with E-state index in [9.17, 15) is 0 Å². The van der Waals surface area contributed by atoms with Crippen LogP contribution < -0.4 is 0 Å². The molecule has 0 N–H and O–H groups in total. The Balaban J connectivity index is 3.23. The summed E-state index contributed by atoms with van der Waals surface area (Å²) in [5.41, 5.74) is 0. The molecule has 1 heteroatoms. The summed E-state index contributed by atoms with van der Waals surface area (Å²) < 4.78 is 0. The van der Waals surface area contributed by atoms with Crippen molar-refractivity contribution in [1.29, 1.82) is 0 Å². The maximum absolute atomic E-state index is 2.42. The molecule has 0 rings (SSSR count). The molecule has 0 aliphatic rings. The quantitative estimate of drug-likeness (QED) is 0.506. The molecule has 0 amide bonds. The first kappa shape index (κ1) is 13.5. The summed E-state index contributed by atoms with van der Waals surface area (Å²) in [6.45, 7) is 9.43. The third-order valence-electron chi connectivity index (χ3n) is 2.70. The Kier molecular flexibility index (Phi) is 9.47. The molecule has 76 valence electrons. The minimum absolute atomic E-state index is 0.744. The van der Waals surface area contributed by atoms with Crippen LogP contribution in [-0.4, -0.2) is 15.2 Å². The van der Waals surface area contributed by atoms with Crippen molar-refractivity contribution >= 4 is 15.2 Å². The van der Waals surface area contributed by atoms with Crippen LogP contribution in [0.2, 0.25) is 10.6 Å². The van der Waals surface area contributed by atoms with Crippen LogP contribution in [0.5, 0.6) is 0 Å². The van der Waals surface area contributed by atoms with Crippen molar-refractivity contribution in [1.82, 2.24) is 0 Å². The van der Waals surface area contributed by atoms with E-state index in [0.29, 0.717) is 0 Å². The third kappa shape index (κ3) is 8.85. The maximum atomic E-state index is 2.42. The van der Waals surface area contributed by atoms with Gasteiger partial charge in [-0.05, 0) is 0 Å². The molecular weight excluding hydrogens is 171 g/mol. The van der Waals surface area contributed by atoms with Crippen LogP contribution in [0.25, 0.3) is 0 Å². The fraction of sp³-hybridized carbons (Fsp3) is 1.00. The van der Waals surface area contributed by atoms with E-state index >= 15 is 0 Å². The van der Waals surface area contributed by atoms with E-state index in [4.69, 9.17) is 0 Å². The van der Waals surface area contributed by atoms with Gasteiger partial charge in [0.05, 0.1) is 0 Å². The zero-order valence-electron chi connectivity index (χ0n) is 9.97. The third-order valence-corrected chi connectivity index (χ3v) is 4.98. The standard InChI is InChI=1S/2C6H13.Al/c2*1-4-5-6(2)3;/h2*6H,2,4-5H2,1,3H3;/q;;+1. The molecule has 0 bridgehead atoms. The van der Waals surface area contributed by atoms with Crippen LogP contribution in [0.15, 0.2) is 0 Å². The molecule has 0 aliphatic carbocycles. The Labute approximate surface area is 91.2 Å². The SMILES string of the molecule is CCCC(C)[CH2][Al+][CH2]C(C)CCC. The summed E-state index contributed by atoms with van der Waals surface area (Å²) in [6, 6.07) is 0. The molecule has 0 aliphatic heterocycles. The van der Waals surface area contributed by atoms with Gasteiger partial charge in [-0.25, -0.2) is 0 Å². The first-order chi connectivity index (χ1) is 6.20. The summed E-state index contributed by atoms with van der Waals surface area (Å²) in [7, 11) is 0. The molecule has 0 saturated heterocycles. The molecule has 0 aromatic heterocycles. The zero-order valence-corrected chi connectivity index (χ0v) is 11.1. The van der Waals surface area contributed by atoms with Gasteiger partial charge >= 0.3 is 91.0 Å². The Morgan fingerprint density at radius 3 is 1.54 bits per heavy atom. The summed E-state index contributed by atoms with van der Waals surface area (Å²) in [6.07, 6.45) is 5.61. The summed E-state index contributed by atoms with van der Waals surface area (Å²) in [4.78, 5) is 0. The summed E-state index contributed by atoms with van der Waals surface area (Å²) in [5, 5.41) is 3.06. The molecule has 2 atom stereocenters. The van der Waals surface area contributed by atoms with E-state index in [1.807, 2.05) is 0 Å². The van der Waals surface area contributed by atoms with Gasteiger partial charge in [-0.1, -0.05) is 0 Å². The molecule has 0 spiro atoms. The molecule has 0 nitrogen and oxygen atoms in total. The van der Waals surface area contributed by atoms with Crippen molar-refractivity contribution in [2.75, 3.05) is 0 Å². The predicted molar refractivity (Wildman–Crippen MR) is 63.5 cm³/mol. The monoisotopic (exact) mass is 197 g/mol. The zero-order chi connectivity index (χ0) is 10.1. The van der Waals surface area contributed by atoms with Gasteiger partial charge < -0.3 is 0 Å². The van der Waals surface area contributed by atoms with Gasteiger partial charge in [0.2, 0.25) is 0 Å². The van der Waals surface area contributed by atoms with Gasteiger partial charge in [-0.3, -0.25) is 0 Å². The fourth-order valence-corrected chi connectivity index (χ4v) is 3.69. The molecule has 0 heterocycles. The second-order valence-electron chi connectivity index (χ2n) is 4.55. The number of hydrogen-bond donors (Lipinski definition) is 0. The predicted octanol–water partition coefficient (Wildman–Crippen LogP) is 4.40. The van der Waals surface area contributed by atoms with Crippen molar-refractivity contribution in [2.24, 2.45) is 11.8 Å². The van der Waals surface area contributed by atoms with Gasteiger partial charge in [0, 0.05) is 0 Å². The average Bonchev–Trinajstić information content (AvgIpc) is 2.05. The van der Waals surface area contributed by atoms with Crippen LogP contribution in [0.1, 0.15) is 53.4 Å². The molecule has 13 heavy (non-hydrogen) atoms. The van der Waals surface area contributed by atoms with Crippen molar-refractivity contribution in [3.8, 4) is 0 Å². The van der Waals surface area contributed by atoms with Crippen LogP contribution in [0, 0.1) is 11.8 Å². The van der Waals surface area contributed by atoms with E-state index in [1.165, 1.54) is 36.2 Å². The van der Waals surface area contributed by atoms with Crippen LogP contribution in [0.3, 0.4) is 0 Å². The second-order valence-corrected chi connectivity index (χ2v) is 6.07.